The maximum absolute atomic E-state index is 13.1. The van der Waals surface area contributed by atoms with E-state index in [-0.39, 0.29) is 22.2 Å². The van der Waals surface area contributed by atoms with Gasteiger partial charge in [0, 0.05) is 6.07 Å². The highest BCUT2D eigenvalue weighted by atomic mass is 32.1. The third kappa shape index (κ3) is 4.35. The number of nitrogens with one attached hydrogen (secondary N) is 2. The number of non-ortho nitro benzene ring substituents is 1. The van der Waals surface area contributed by atoms with E-state index in [4.69, 9.17) is 17.0 Å². The summed E-state index contributed by atoms with van der Waals surface area (Å²) in [6, 6.07) is 6.81. The molecule has 0 spiro atoms. The Kier molecular flexibility index (Phi) is 5.39. The van der Waals surface area contributed by atoms with E-state index in [0.717, 1.165) is 12.1 Å². The number of nitro benzene ring substituents is 2. The molecular formula is C14H11FN4O5S. The molecule has 2 aromatic rings. The fraction of sp³-hybridized carbons (Fsp3) is 0.0714. The highest BCUT2D eigenvalue weighted by Gasteiger charge is 2.17. The standard InChI is InChI=1S/C14H11FN4O5S/c1-24-13-7-9(18(20)21)3-5-11(13)17-14(25)16-10-4-2-8(15)6-12(10)19(22)23/h2-7H,1H3,(H2,16,17,25). The minimum Gasteiger partial charge on any atom is -0.494 e. The average Bonchev–Trinajstić information content (AvgIpc) is 2.56. The van der Waals surface area contributed by atoms with Crippen molar-refractivity contribution in [2.24, 2.45) is 0 Å². The molecule has 0 aliphatic carbocycles. The van der Waals surface area contributed by atoms with Crippen molar-refractivity contribution in [3.8, 4) is 5.75 Å². The molecule has 0 unspecified atom stereocenters. The van der Waals surface area contributed by atoms with Crippen LogP contribution in [0.1, 0.15) is 0 Å². The van der Waals surface area contributed by atoms with Crippen molar-refractivity contribution >= 4 is 40.1 Å². The van der Waals surface area contributed by atoms with Gasteiger partial charge in [0.2, 0.25) is 0 Å². The predicted octanol–water partition coefficient (Wildman–Crippen LogP) is 3.46. The lowest BCUT2D eigenvalue weighted by Gasteiger charge is -2.13. The number of hydrogen-bond donors (Lipinski definition) is 2. The molecular weight excluding hydrogens is 355 g/mol. The van der Waals surface area contributed by atoms with Crippen LogP contribution in [0.5, 0.6) is 5.75 Å². The Morgan fingerprint density at radius 2 is 1.72 bits per heavy atom. The molecule has 0 bridgehead atoms. The van der Waals surface area contributed by atoms with E-state index in [1.807, 2.05) is 0 Å². The number of anilines is 2. The van der Waals surface area contributed by atoms with Gasteiger partial charge < -0.3 is 15.4 Å². The van der Waals surface area contributed by atoms with Crippen LogP contribution < -0.4 is 15.4 Å². The summed E-state index contributed by atoms with van der Waals surface area (Å²) in [5.74, 6) is -0.597. The summed E-state index contributed by atoms with van der Waals surface area (Å²) in [4.78, 5) is 20.4. The molecule has 0 fully saturated rings. The second-order valence-corrected chi connectivity index (χ2v) is 5.05. The van der Waals surface area contributed by atoms with Crippen molar-refractivity contribution in [3.63, 3.8) is 0 Å². The molecule has 2 aromatic carbocycles. The molecule has 0 heterocycles. The molecule has 0 aliphatic heterocycles. The minimum atomic E-state index is -0.756. The van der Waals surface area contributed by atoms with E-state index >= 15 is 0 Å². The Labute approximate surface area is 145 Å². The lowest BCUT2D eigenvalue weighted by molar-refractivity contribution is -0.384. The van der Waals surface area contributed by atoms with Gasteiger partial charge in [-0.2, -0.15) is 0 Å². The van der Waals surface area contributed by atoms with Crippen LogP contribution in [-0.2, 0) is 0 Å². The zero-order valence-corrected chi connectivity index (χ0v) is 13.5. The van der Waals surface area contributed by atoms with Crippen LogP contribution in [0.2, 0.25) is 0 Å². The van der Waals surface area contributed by atoms with Crippen LogP contribution in [-0.4, -0.2) is 22.1 Å². The van der Waals surface area contributed by atoms with Gasteiger partial charge in [-0.1, -0.05) is 0 Å². The number of benzene rings is 2. The van der Waals surface area contributed by atoms with Crippen LogP contribution >= 0.6 is 12.2 Å². The summed E-state index contributed by atoms with van der Waals surface area (Å²) < 4.78 is 18.2. The van der Waals surface area contributed by atoms with E-state index in [0.29, 0.717) is 5.69 Å². The zero-order valence-electron chi connectivity index (χ0n) is 12.7. The van der Waals surface area contributed by atoms with Crippen molar-refractivity contribution in [1.82, 2.24) is 0 Å². The zero-order chi connectivity index (χ0) is 18.6. The molecule has 0 aromatic heterocycles. The third-order valence-corrected chi connectivity index (χ3v) is 3.25. The van der Waals surface area contributed by atoms with Crippen molar-refractivity contribution in [1.29, 1.82) is 0 Å². The molecule has 130 valence electrons. The van der Waals surface area contributed by atoms with Gasteiger partial charge in [-0.05, 0) is 30.4 Å². The monoisotopic (exact) mass is 366 g/mol. The molecule has 25 heavy (non-hydrogen) atoms. The van der Waals surface area contributed by atoms with E-state index < -0.39 is 21.4 Å². The van der Waals surface area contributed by atoms with E-state index in [1.54, 1.807) is 0 Å². The Hall–Kier alpha value is -3.34. The van der Waals surface area contributed by atoms with E-state index in [1.165, 1.54) is 31.4 Å². The average molecular weight is 366 g/mol. The van der Waals surface area contributed by atoms with Gasteiger partial charge in [0.25, 0.3) is 11.4 Å². The Balaban J connectivity index is 2.21. The molecule has 9 nitrogen and oxygen atoms in total. The first kappa shape index (κ1) is 18.0. The Morgan fingerprint density at radius 3 is 2.32 bits per heavy atom. The highest BCUT2D eigenvalue weighted by molar-refractivity contribution is 7.80. The topological polar surface area (TPSA) is 120 Å². The summed E-state index contributed by atoms with van der Waals surface area (Å²) in [6.07, 6.45) is 0. The normalized spacial score (nSPS) is 10.0. The fourth-order valence-electron chi connectivity index (χ4n) is 1.93. The van der Waals surface area contributed by atoms with E-state index in [9.17, 15) is 24.6 Å². The number of ether oxygens (including phenoxy) is 1. The number of thiocarbonyl (C=S) groups is 1. The molecule has 0 amide bonds. The Morgan fingerprint density at radius 1 is 1.08 bits per heavy atom. The van der Waals surface area contributed by atoms with Gasteiger partial charge >= 0.3 is 0 Å². The van der Waals surface area contributed by atoms with Crippen molar-refractivity contribution in [2.45, 2.75) is 0 Å². The minimum absolute atomic E-state index is 0.00946. The number of halogens is 1. The summed E-state index contributed by atoms with van der Waals surface area (Å²) in [7, 11) is 1.32. The summed E-state index contributed by atoms with van der Waals surface area (Å²) in [5.41, 5.74) is -0.351. The van der Waals surface area contributed by atoms with Crippen LogP contribution in [0.3, 0.4) is 0 Å². The Bertz CT molecular complexity index is 861. The first-order valence-electron chi connectivity index (χ1n) is 6.66. The van der Waals surface area contributed by atoms with Crippen molar-refractivity contribution < 1.29 is 19.0 Å². The molecule has 2 N–H and O–H groups in total. The second-order valence-electron chi connectivity index (χ2n) is 4.64. The second kappa shape index (κ2) is 7.49. The van der Waals surface area contributed by atoms with Gasteiger partial charge in [-0.3, -0.25) is 20.2 Å². The van der Waals surface area contributed by atoms with Crippen LogP contribution in [0.25, 0.3) is 0 Å². The highest BCUT2D eigenvalue weighted by Crippen LogP contribution is 2.30. The van der Waals surface area contributed by atoms with Crippen LogP contribution in [0, 0.1) is 26.0 Å². The van der Waals surface area contributed by atoms with Gasteiger partial charge in [-0.15, -0.1) is 0 Å². The van der Waals surface area contributed by atoms with E-state index in [2.05, 4.69) is 10.6 Å². The molecule has 0 saturated carbocycles. The number of rotatable bonds is 5. The van der Waals surface area contributed by atoms with Gasteiger partial charge in [0.05, 0.1) is 34.8 Å². The van der Waals surface area contributed by atoms with Gasteiger partial charge in [-0.25, -0.2) is 4.39 Å². The van der Waals surface area contributed by atoms with Gasteiger partial charge in [0.15, 0.2) is 5.11 Å². The van der Waals surface area contributed by atoms with Crippen molar-refractivity contribution in [3.05, 3.63) is 62.4 Å². The lowest BCUT2D eigenvalue weighted by atomic mass is 10.2. The first-order valence-corrected chi connectivity index (χ1v) is 7.07. The van der Waals surface area contributed by atoms with Crippen LogP contribution in [0.4, 0.5) is 27.1 Å². The number of nitrogens with zero attached hydrogens (tertiary/aromatic N) is 2. The summed E-state index contributed by atoms with van der Waals surface area (Å²) >= 11 is 5.06. The summed E-state index contributed by atoms with van der Waals surface area (Å²) in [6.45, 7) is 0. The maximum Gasteiger partial charge on any atom is 0.295 e. The number of nitro groups is 2. The molecule has 0 saturated heterocycles. The maximum atomic E-state index is 13.1. The van der Waals surface area contributed by atoms with Gasteiger partial charge in [0.1, 0.15) is 17.3 Å². The molecule has 11 heteroatoms. The SMILES string of the molecule is COc1cc([N+](=O)[O-])ccc1NC(=S)Nc1ccc(F)cc1[N+](=O)[O-]. The molecule has 0 radical (unpaired) electrons. The summed E-state index contributed by atoms with van der Waals surface area (Å²) in [5, 5.41) is 27.0. The van der Waals surface area contributed by atoms with Crippen LogP contribution in [0.15, 0.2) is 36.4 Å². The lowest BCUT2D eigenvalue weighted by Crippen LogP contribution is -2.20. The first-order chi connectivity index (χ1) is 11.8. The number of methoxy groups -OCH3 is 1. The third-order valence-electron chi connectivity index (χ3n) is 3.05. The molecule has 0 atom stereocenters. The molecule has 0 aliphatic rings. The number of hydrogen-bond acceptors (Lipinski definition) is 6. The largest absolute Gasteiger partial charge is 0.494 e. The van der Waals surface area contributed by atoms with Crippen molar-refractivity contribution in [2.75, 3.05) is 17.7 Å². The predicted molar refractivity (Wildman–Crippen MR) is 92.5 cm³/mol. The smallest absolute Gasteiger partial charge is 0.295 e. The fourth-order valence-corrected chi connectivity index (χ4v) is 2.15. The molecule has 2 rings (SSSR count). The quantitative estimate of drug-likeness (QED) is 0.469.